The normalized spacial score (nSPS) is 11.6. The van der Waals surface area contributed by atoms with Crippen molar-refractivity contribution in [2.24, 2.45) is 0 Å². The highest BCUT2D eigenvalue weighted by molar-refractivity contribution is 6.33. The van der Waals surface area contributed by atoms with Gasteiger partial charge in [-0.3, -0.25) is 9.36 Å². The monoisotopic (exact) mass is 546 g/mol. The van der Waals surface area contributed by atoms with Crippen molar-refractivity contribution < 1.29 is 18.6 Å². The molecule has 2 heterocycles. The molecule has 11 heteroatoms. The van der Waals surface area contributed by atoms with E-state index in [-0.39, 0.29) is 45.3 Å². The first kappa shape index (κ1) is 26.7. The van der Waals surface area contributed by atoms with Crippen LogP contribution in [-0.2, 0) is 12.2 Å². The van der Waals surface area contributed by atoms with Gasteiger partial charge in [-0.25, -0.2) is 18.7 Å². The molecule has 0 atom stereocenters. The molecular formula is C26H22Cl2F2N4O3. The minimum Gasteiger partial charge on any atom is -0.471 e. The van der Waals surface area contributed by atoms with Crippen LogP contribution in [0.25, 0.3) is 16.9 Å². The van der Waals surface area contributed by atoms with Crippen LogP contribution in [0, 0.1) is 25.5 Å². The Hall–Kier alpha value is -3.40. The van der Waals surface area contributed by atoms with Crippen molar-refractivity contribution in [2.75, 3.05) is 0 Å². The number of hydrogen-bond acceptors (Lipinski definition) is 6. The molecule has 0 aliphatic carbocycles. The molecular weight excluding hydrogens is 525 g/mol. The lowest BCUT2D eigenvalue weighted by atomic mass is 10.1. The van der Waals surface area contributed by atoms with Crippen molar-refractivity contribution in [3.63, 3.8) is 0 Å². The van der Waals surface area contributed by atoms with Gasteiger partial charge >= 0.3 is 0 Å². The Morgan fingerprint density at radius 1 is 1.05 bits per heavy atom. The summed E-state index contributed by atoms with van der Waals surface area (Å²) in [5, 5.41) is 10.2. The Labute approximate surface area is 221 Å². The maximum Gasteiger partial charge on any atom is 0.280 e. The van der Waals surface area contributed by atoms with Gasteiger partial charge in [0, 0.05) is 23.4 Å². The van der Waals surface area contributed by atoms with Gasteiger partial charge in [0.1, 0.15) is 29.7 Å². The largest absolute Gasteiger partial charge is 0.471 e. The number of nitrogens with zero attached hydrogens (tertiary/aromatic N) is 4. The van der Waals surface area contributed by atoms with Crippen LogP contribution in [0.5, 0.6) is 5.88 Å². The fourth-order valence-corrected chi connectivity index (χ4v) is 3.98. The third-order valence-electron chi connectivity index (χ3n) is 5.54. The molecule has 0 spiro atoms. The number of benzene rings is 2. The Kier molecular flexibility index (Phi) is 7.32. The minimum atomic E-state index is -1.25. The van der Waals surface area contributed by atoms with Crippen molar-refractivity contribution in [3.8, 4) is 22.8 Å². The molecule has 2 aromatic heterocycles. The molecule has 0 saturated heterocycles. The van der Waals surface area contributed by atoms with Gasteiger partial charge < -0.3 is 9.84 Å². The van der Waals surface area contributed by atoms with Crippen molar-refractivity contribution >= 4 is 23.2 Å². The lowest BCUT2D eigenvalue weighted by molar-refractivity contribution is 0.0688. The zero-order valence-electron chi connectivity index (χ0n) is 20.3. The first-order chi connectivity index (χ1) is 17.4. The predicted molar refractivity (Wildman–Crippen MR) is 136 cm³/mol. The highest BCUT2D eigenvalue weighted by Crippen LogP contribution is 2.29. The van der Waals surface area contributed by atoms with Crippen molar-refractivity contribution in [1.82, 2.24) is 19.5 Å². The van der Waals surface area contributed by atoms with Crippen molar-refractivity contribution in [1.29, 1.82) is 0 Å². The summed E-state index contributed by atoms with van der Waals surface area (Å²) < 4.78 is 34.4. The first-order valence-electron chi connectivity index (χ1n) is 11.1. The van der Waals surface area contributed by atoms with Gasteiger partial charge in [-0.15, -0.1) is 0 Å². The van der Waals surface area contributed by atoms with Crippen LogP contribution in [0.15, 0.2) is 47.4 Å². The summed E-state index contributed by atoms with van der Waals surface area (Å²) in [6.07, 6.45) is 1.53. The van der Waals surface area contributed by atoms with Gasteiger partial charge in [-0.05, 0) is 57.5 Å². The van der Waals surface area contributed by atoms with E-state index in [1.54, 1.807) is 45.0 Å². The summed E-state index contributed by atoms with van der Waals surface area (Å²) in [4.78, 5) is 26.1. The fraction of sp³-hybridized carbons (Fsp3) is 0.231. The van der Waals surface area contributed by atoms with E-state index in [2.05, 4.69) is 15.0 Å². The molecule has 37 heavy (non-hydrogen) atoms. The van der Waals surface area contributed by atoms with Crippen LogP contribution >= 0.6 is 23.2 Å². The standard InChI is InChI=1S/C26H22Cl2F2N4O3/c1-13-9-16(19(30)11-18(13)29)12-37-23-22(28)24(35)34(14(2)32-23)21-10-15(5-6-17(21)27)20-7-8-31-25(33-20)26(3,4)36/h5-11,36H,12H2,1-4H3. The van der Waals surface area contributed by atoms with Crippen LogP contribution in [0.1, 0.15) is 36.6 Å². The molecule has 0 unspecified atom stereocenters. The Morgan fingerprint density at radius 2 is 1.78 bits per heavy atom. The summed E-state index contributed by atoms with van der Waals surface area (Å²) in [6.45, 7) is 5.90. The number of rotatable bonds is 6. The summed E-state index contributed by atoms with van der Waals surface area (Å²) >= 11 is 12.7. The van der Waals surface area contributed by atoms with E-state index in [9.17, 15) is 18.7 Å². The minimum absolute atomic E-state index is 0.0876. The van der Waals surface area contributed by atoms with E-state index in [0.29, 0.717) is 16.9 Å². The zero-order valence-corrected chi connectivity index (χ0v) is 21.8. The third kappa shape index (κ3) is 5.49. The van der Waals surface area contributed by atoms with Gasteiger partial charge in [-0.1, -0.05) is 29.3 Å². The number of aromatic nitrogens is 4. The molecule has 0 bridgehead atoms. The van der Waals surface area contributed by atoms with Crippen LogP contribution in [0.3, 0.4) is 0 Å². The number of aliphatic hydroxyl groups is 1. The molecule has 0 aliphatic heterocycles. The SMILES string of the molecule is Cc1cc(COc2nc(C)n(-c3cc(-c4ccnc(C(C)(C)O)n4)ccc3Cl)c(=O)c2Cl)c(F)cc1F. The molecule has 7 nitrogen and oxygen atoms in total. The lowest BCUT2D eigenvalue weighted by Gasteiger charge is -2.17. The van der Waals surface area contributed by atoms with Crippen LogP contribution in [-0.4, -0.2) is 24.6 Å². The number of halogens is 4. The fourth-order valence-electron chi connectivity index (χ4n) is 3.59. The van der Waals surface area contributed by atoms with Crippen molar-refractivity contribution in [2.45, 2.75) is 39.9 Å². The van der Waals surface area contributed by atoms with Crippen LogP contribution < -0.4 is 10.3 Å². The Balaban J connectivity index is 1.72. The molecule has 4 rings (SSSR count). The molecule has 1 N–H and O–H groups in total. The topological polar surface area (TPSA) is 90.1 Å². The highest BCUT2D eigenvalue weighted by atomic mass is 35.5. The summed E-state index contributed by atoms with van der Waals surface area (Å²) in [6, 6.07) is 8.70. The van der Waals surface area contributed by atoms with Gasteiger partial charge in [0.25, 0.3) is 5.56 Å². The second-order valence-electron chi connectivity index (χ2n) is 8.89. The number of aryl methyl sites for hydroxylation is 2. The van der Waals surface area contributed by atoms with E-state index in [1.807, 2.05) is 0 Å². The summed E-state index contributed by atoms with van der Waals surface area (Å²) in [5.74, 6) is -1.22. The molecule has 0 fully saturated rings. The zero-order chi connectivity index (χ0) is 27.1. The molecule has 2 aromatic carbocycles. The number of hydrogen-bond donors (Lipinski definition) is 1. The van der Waals surface area contributed by atoms with E-state index < -0.39 is 22.8 Å². The molecule has 192 valence electrons. The lowest BCUT2D eigenvalue weighted by Crippen LogP contribution is -2.24. The van der Waals surface area contributed by atoms with Gasteiger partial charge in [0.05, 0.1) is 16.4 Å². The maximum absolute atomic E-state index is 14.1. The van der Waals surface area contributed by atoms with E-state index in [4.69, 9.17) is 27.9 Å². The van der Waals surface area contributed by atoms with Crippen LogP contribution in [0.4, 0.5) is 8.78 Å². The number of ether oxygens (including phenoxy) is 1. The summed E-state index contributed by atoms with van der Waals surface area (Å²) in [7, 11) is 0. The third-order valence-corrected chi connectivity index (χ3v) is 6.19. The van der Waals surface area contributed by atoms with E-state index in [1.165, 1.54) is 23.8 Å². The maximum atomic E-state index is 14.1. The average molecular weight is 547 g/mol. The smallest absolute Gasteiger partial charge is 0.280 e. The van der Waals surface area contributed by atoms with E-state index >= 15 is 0 Å². The molecule has 0 aliphatic rings. The second kappa shape index (κ2) is 10.2. The quantitative estimate of drug-likeness (QED) is 0.333. The highest BCUT2D eigenvalue weighted by Gasteiger charge is 2.21. The molecule has 4 aromatic rings. The summed E-state index contributed by atoms with van der Waals surface area (Å²) in [5.41, 5.74) is -0.154. The van der Waals surface area contributed by atoms with Crippen LogP contribution in [0.2, 0.25) is 10.0 Å². The van der Waals surface area contributed by atoms with Gasteiger partial charge in [-0.2, -0.15) is 4.98 Å². The predicted octanol–water partition coefficient (Wildman–Crippen LogP) is 5.70. The van der Waals surface area contributed by atoms with E-state index in [0.717, 1.165) is 6.07 Å². The molecule has 0 amide bonds. The average Bonchev–Trinajstić information content (AvgIpc) is 2.84. The van der Waals surface area contributed by atoms with Crippen molar-refractivity contribution in [3.05, 3.63) is 97.4 Å². The Bertz CT molecular complexity index is 1570. The Morgan fingerprint density at radius 3 is 2.49 bits per heavy atom. The van der Waals surface area contributed by atoms with Gasteiger partial charge in [0.15, 0.2) is 10.8 Å². The first-order valence-corrected chi connectivity index (χ1v) is 11.8. The molecule has 0 saturated carbocycles. The second-order valence-corrected chi connectivity index (χ2v) is 9.68. The molecule has 0 radical (unpaired) electrons. The van der Waals surface area contributed by atoms with Gasteiger partial charge in [0.2, 0.25) is 5.88 Å².